The van der Waals surface area contributed by atoms with E-state index in [1.54, 1.807) is 6.20 Å². The molecule has 0 bridgehead atoms. The van der Waals surface area contributed by atoms with Crippen molar-refractivity contribution in [3.8, 4) is 0 Å². The standard InChI is InChI=1S/C16H18N4/c1-11-8-16(20-10-14(11)17)18-7-6-12-9-19-15-5-3-2-4-13(12)15/h2-5,8-10,19H,6-7,17H2,1H3,(H,18,20). The van der Waals surface area contributed by atoms with Gasteiger partial charge in [0, 0.05) is 23.6 Å². The van der Waals surface area contributed by atoms with Crippen LogP contribution in [0.15, 0.2) is 42.7 Å². The number of H-pyrrole nitrogens is 1. The van der Waals surface area contributed by atoms with Crippen LogP contribution < -0.4 is 11.1 Å². The smallest absolute Gasteiger partial charge is 0.126 e. The third kappa shape index (κ3) is 2.45. The van der Waals surface area contributed by atoms with Crippen molar-refractivity contribution in [3.05, 3.63) is 53.9 Å². The van der Waals surface area contributed by atoms with Gasteiger partial charge < -0.3 is 16.0 Å². The molecule has 0 amide bonds. The maximum absolute atomic E-state index is 5.76. The van der Waals surface area contributed by atoms with E-state index in [-0.39, 0.29) is 0 Å². The van der Waals surface area contributed by atoms with Crippen LogP contribution in [0.25, 0.3) is 10.9 Å². The van der Waals surface area contributed by atoms with E-state index in [2.05, 4.69) is 39.7 Å². The van der Waals surface area contributed by atoms with Crippen molar-refractivity contribution in [2.75, 3.05) is 17.6 Å². The molecule has 0 aliphatic rings. The largest absolute Gasteiger partial charge is 0.397 e. The zero-order chi connectivity index (χ0) is 13.9. The molecule has 3 rings (SSSR count). The van der Waals surface area contributed by atoms with E-state index in [1.165, 1.54) is 16.5 Å². The maximum atomic E-state index is 5.76. The third-order valence-electron chi connectivity index (χ3n) is 3.53. The van der Waals surface area contributed by atoms with Gasteiger partial charge in [-0.25, -0.2) is 4.98 Å². The fourth-order valence-electron chi connectivity index (χ4n) is 2.33. The molecule has 0 atom stereocenters. The Bertz CT molecular complexity index is 730. The minimum absolute atomic E-state index is 0.729. The van der Waals surface area contributed by atoms with Crippen LogP contribution in [0.2, 0.25) is 0 Å². The van der Waals surface area contributed by atoms with Crippen LogP contribution in [0.4, 0.5) is 11.5 Å². The Labute approximate surface area is 118 Å². The van der Waals surface area contributed by atoms with Gasteiger partial charge in [0.15, 0.2) is 0 Å². The highest BCUT2D eigenvalue weighted by Gasteiger charge is 2.03. The molecule has 0 unspecified atom stereocenters. The lowest BCUT2D eigenvalue weighted by molar-refractivity contribution is 1.01. The molecule has 20 heavy (non-hydrogen) atoms. The number of nitrogens with zero attached hydrogens (tertiary/aromatic N) is 1. The van der Waals surface area contributed by atoms with Crippen molar-refractivity contribution in [3.63, 3.8) is 0 Å². The zero-order valence-corrected chi connectivity index (χ0v) is 11.5. The van der Waals surface area contributed by atoms with Crippen molar-refractivity contribution in [2.45, 2.75) is 13.3 Å². The Morgan fingerprint density at radius 2 is 2.15 bits per heavy atom. The lowest BCUT2D eigenvalue weighted by atomic mass is 10.1. The maximum Gasteiger partial charge on any atom is 0.126 e. The van der Waals surface area contributed by atoms with E-state index in [9.17, 15) is 0 Å². The number of aryl methyl sites for hydroxylation is 1. The van der Waals surface area contributed by atoms with Crippen LogP contribution in [-0.4, -0.2) is 16.5 Å². The molecule has 0 aliphatic heterocycles. The predicted molar refractivity (Wildman–Crippen MR) is 83.9 cm³/mol. The van der Waals surface area contributed by atoms with E-state index in [1.807, 2.05) is 19.1 Å². The summed E-state index contributed by atoms with van der Waals surface area (Å²) in [5.74, 6) is 0.872. The van der Waals surface area contributed by atoms with Crippen molar-refractivity contribution < 1.29 is 0 Å². The summed E-state index contributed by atoms with van der Waals surface area (Å²) in [6.07, 6.45) is 4.73. The van der Waals surface area contributed by atoms with Gasteiger partial charge in [0.25, 0.3) is 0 Å². The van der Waals surface area contributed by atoms with Gasteiger partial charge in [-0.1, -0.05) is 18.2 Å². The van der Waals surface area contributed by atoms with Gasteiger partial charge in [0.2, 0.25) is 0 Å². The van der Waals surface area contributed by atoms with E-state index in [0.29, 0.717) is 0 Å². The van der Waals surface area contributed by atoms with Crippen LogP contribution in [0, 0.1) is 6.92 Å². The molecule has 0 aliphatic carbocycles. The lowest BCUT2D eigenvalue weighted by Gasteiger charge is -2.07. The number of nitrogen functional groups attached to an aromatic ring is 1. The van der Waals surface area contributed by atoms with Gasteiger partial charge in [-0.2, -0.15) is 0 Å². The Morgan fingerprint density at radius 1 is 1.30 bits per heavy atom. The van der Waals surface area contributed by atoms with Crippen LogP contribution in [0.1, 0.15) is 11.1 Å². The summed E-state index contributed by atoms with van der Waals surface area (Å²) in [7, 11) is 0. The van der Waals surface area contributed by atoms with E-state index >= 15 is 0 Å². The van der Waals surface area contributed by atoms with Gasteiger partial charge in [0.05, 0.1) is 11.9 Å². The molecule has 102 valence electrons. The van der Waals surface area contributed by atoms with Crippen LogP contribution >= 0.6 is 0 Å². The first-order valence-corrected chi connectivity index (χ1v) is 6.75. The zero-order valence-electron chi connectivity index (χ0n) is 11.5. The number of pyridine rings is 1. The topological polar surface area (TPSA) is 66.7 Å². The molecule has 0 fully saturated rings. The van der Waals surface area contributed by atoms with Crippen molar-refractivity contribution in [1.82, 2.24) is 9.97 Å². The molecule has 4 nitrogen and oxygen atoms in total. The molecule has 4 heteroatoms. The second-order valence-electron chi connectivity index (χ2n) is 4.96. The van der Waals surface area contributed by atoms with Crippen molar-refractivity contribution in [2.24, 2.45) is 0 Å². The Hall–Kier alpha value is -2.49. The number of aromatic amines is 1. The highest BCUT2D eigenvalue weighted by atomic mass is 15.0. The number of anilines is 2. The molecule has 0 saturated carbocycles. The number of nitrogens with one attached hydrogen (secondary N) is 2. The quantitative estimate of drug-likeness (QED) is 0.679. The SMILES string of the molecule is Cc1cc(NCCc2c[nH]c3ccccc23)ncc1N. The number of nitrogens with two attached hydrogens (primary N) is 1. The Kier molecular flexibility index (Phi) is 3.29. The second-order valence-corrected chi connectivity index (χ2v) is 4.96. The molecule has 0 spiro atoms. The van der Waals surface area contributed by atoms with E-state index in [4.69, 9.17) is 5.73 Å². The summed E-state index contributed by atoms with van der Waals surface area (Å²) in [6.45, 7) is 2.83. The first kappa shape index (κ1) is 12.5. The number of aromatic nitrogens is 2. The van der Waals surface area contributed by atoms with Crippen LogP contribution in [0.5, 0.6) is 0 Å². The van der Waals surface area contributed by atoms with Crippen LogP contribution in [-0.2, 0) is 6.42 Å². The fourth-order valence-corrected chi connectivity index (χ4v) is 2.33. The molecule has 1 aromatic carbocycles. The average Bonchev–Trinajstić information content (AvgIpc) is 2.86. The molecule has 2 aromatic heterocycles. The first-order valence-electron chi connectivity index (χ1n) is 6.75. The number of benzene rings is 1. The minimum Gasteiger partial charge on any atom is -0.397 e. The number of rotatable bonds is 4. The highest BCUT2D eigenvalue weighted by molar-refractivity contribution is 5.83. The normalized spacial score (nSPS) is 10.8. The molecular weight excluding hydrogens is 248 g/mol. The minimum atomic E-state index is 0.729. The van der Waals surface area contributed by atoms with Gasteiger partial charge in [-0.05, 0) is 36.6 Å². The number of para-hydroxylation sites is 1. The molecule has 3 aromatic rings. The first-order chi connectivity index (χ1) is 9.74. The predicted octanol–water partition coefficient (Wildman–Crippen LogP) is 3.11. The van der Waals surface area contributed by atoms with Gasteiger partial charge in [0.1, 0.15) is 5.82 Å². The Morgan fingerprint density at radius 3 is 3.00 bits per heavy atom. The molecule has 4 N–H and O–H groups in total. The monoisotopic (exact) mass is 266 g/mol. The molecular formula is C16H18N4. The van der Waals surface area contributed by atoms with Crippen molar-refractivity contribution >= 4 is 22.4 Å². The van der Waals surface area contributed by atoms with E-state index in [0.717, 1.165) is 30.0 Å². The molecule has 0 saturated heterocycles. The van der Waals surface area contributed by atoms with Gasteiger partial charge in [-0.15, -0.1) is 0 Å². The van der Waals surface area contributed by atoms with Gasteiger partial charge >= 0.3 is 0 Å². The summed E-state index contributed by atoms with van der Waals surface area (Å²) in [5, 5.41) is 4.62. The number of fused-ring (bicyclic) bond motifs is 1. The summed E-state index contributed by atoms with van der Waals surface area (Å²) in [4.78, 5) is 7.57. The number of hydrogen-bond acceptors (Lipinski definition) is 3. The van der Waals surface area contributed by atoms with Crippen LogP contribution in [0.3, 0.4) is 0 Å². The summed E-state index contributed by atoms with van der Waals surface area (Å²) in [5.41, 5.74) is 10.0. The lowest BCUT2D eigenvalue weighted by Crippen LogP contribution is -2.06. The second kappa shape index (κ2) is 5.25. The third-order valence-corrected chi connectivity index (χ3v) is 3.53. The summed E-state index contributed by atoms with van der Waals surface area (Å²) in [6, 6.07) is 10.3. The molecule has 2 heterocycles. The number of hydrogen-bond donors (Lipinski definition) is 3. The summed E-state index contributed by atoms with van der Waals surface area (Å²) < 4.78 is 0. The van der Waals surface area contributed by atoms with Crippen molar-refractivity contribution in [1.29, 1.82) is 0 Å². The summed E-state index contributed by atoms with van der Waals surface area (Å²) >= 11 is 0. The highest BCUT2D eigenvalue weighted by Crippen LogP contribution is 2.18. The molecule has 0 radical (unpaired) electrons. The Balaban J connectivity index is 1.66. The fraction of sp³-hybridized carbons (Fsp3) is 0.188. The average molecular weight is 266 g/mol. The van der Waals surface area contributed by atoms with E-state index < -0.39 is 0 Å². The van der Waals surface area contributed by atoms with Gasteiger partial charge in [-0.3, -0.25) is 0 Å².